The number of carboxylic acid groups (broad SMARTS) is 2. The van der Waals surface area contributed by atoms with Crippen LogP contribution in [-0.4, -0.2) is 89.5 Å². The van der Waals surface area contributed by atoms with Crippen LogP contribution in [0.15, 0.2) is 24.4 Å². The maximum Gasteiger partial charge on any atom is 0.490 e. The molecule has 3 fully saturated rings. The summed E-state index contributed by atoms with van der Waals surface area (Å²) in [5, 5.41) is 14.2. The number of aliphatic carboxylic acids is 2. The van der Waals surface area contributed by atoms with E-state index in [1.54, 1.807) is 6.20 Å². The molecule has 2 aliphatic heterocycles. The summed E-state index contributed by atoms with van der Waals surface area (Å²) in [5.74, 6) is -3.77. The van der Waals surface area contributed by atoms with Gasteiger partial charge in [-0.1, -0.05) is 18.9 Å². The number of likely N-dealkylation sites (tertiary alicyclic amines) is 1. The van der Waals surface area contributed by atoms with Crippen molar-refractivity contribution in [3.8, 4) is 5.88 Å². The Hall–Kier alpha value is -2.62. The van der Waals surface area contributed by atoms with E-state index in [1.165, 1.54) is 25.7 Å². The molecule has 0 radical (unpaired) electrons. The molecular formula is C22H28F6N2O7S. The standard InChI is InChI=1S/C18H26N2O3S.2C2HF3O2/c21-24(22)10-8-16(12-23-17-7-3-4-9-19-17)18(24)13-20(14-18)11-15-5-1-2-6-15;2*3-2(4,5)1(6)7/h3-4,7,9,15-16H,1-2,5-6,8,10-14H2;2*(H,6,7). The van der Waals surface area contributed by atoms with Crippen molar-refractivity contribution in [1.29, 1.82) is 0 Å². The summed E-state index contributed by atoms with van der Waals surface area (Å²) in [6.45, 7) is 2.92. The second-order valence-corrected chi connectivity index (χ2v) is 11.7. The van der Waals surface area contributed by atoms with Crippen LogP contribution in [0.2, 0.25) is 0 Å². The molecule has 1 aromatic heterocycles. The van der Waals surface area contributed by atoms with Gasteiger partial charge in [0.25, 0.3) is 0 Å². The SMILES string of the molecule is O=C(O)C(F)(F)F.O=C(O)C(F)(F)F.O=S1(=O)CCC(COc2ccccn2)C12CN(CC1CCCC1)C2. The fraction of sp³-hybridized carbons (Fsp3) is 0.682. The van der Waals surface area contributed by atoms with Gasteiger partial charge in [0.15, 0.2) is 9.84 Å². The third kappa shape index (κ3) is 8.44. The van der Waals surface area contributed by atoms with Gasteiger partial charge < -0.3 is 14.9 Å². The van der Waals surface area contributed by atoms with Crippen molar-refractivity contribution in [2.75, 3.05) is 32.0 Å². The molecule has 2 N–H and O–H groups in total. The summed E-state index contributed by atoms with van der Waals surface area (Å²) in [4.78, 5) is 24.3. The van der Waals surface area contributed by atoms with E-state index in [4.69, 9.17) is 24.5 Å². The first-order chi connectivity index (χ1) is 17.5. The zero-order valence-corrected chi connectivity index (χ0v) is 20.9. The fourth-order valence-electron chi connectivity index (χ4n) is 4.72. The lowest BCUT2D eigenvalue weighted by molar-refractivity contribution is -0.193. The van der Waals surface area contributed by atoms with Crippen LogP contribution in [-0.2, 0) is 19.4 Å². The van der Waals surface area contributed by atoms with Gasteiger partial charge in [-0.15, -0.1) is 0 Å². The highest BCUT2D eigenvalue weighted by molar-refractivity contribution is 7.93. The number of ether oxygens (including phenoxy) is 1. The largest absolute Gasteiger partial charge is 0.490 e. The number of aromatic nitrogens is 1. The summed E-state index contributed by atoms with van der Waals surface area (Å²) in [7, 11) is -3.01. The average Bonchev–Trinajstić information content (AvgIpc) is 3.38. The Morgan fingerprint density at radius 1 is 1.00 bits per heavy atom. The highest BCUT2D eigenvalue weighted by Crippen LogP contribution is 2.45. The molecule has 3 heterocycles. The van der Waals surface area contributed by atoms with Gasteiger partial charge in [-0.2, -0.15) is 26.3 Å². The third-order valence-corrected chi connectivity index (χ3v) is 9.23. The van der Waals surface area contributed by atoms with Crippen LogP contribution < -0.4 is 4.74 Å². The summed E-state index contributed by atoms with van der Waals surface area (Å²) in [5.41, 5.74) is 0. The van der Waals surface area contributed by atoms with Gasteiger partial charge in [0.1, 0.15) is 4.75 Å². The van der Waals surface area contributed by atoms with Crippen molar-refractivity contribution < 1.29 is 59.3 Å². The molecule has 1 aromatic rings. The topological polar surface area (TPSA) is 134 Å². The van der Waals surface area contributed by atoms with Crippen LogP contribution in [0.4, 0.5) is 26.3 Å². The Kier molecular flexibility index (Phi) is 10.4. The first-order valence-corrected chi connectivity index (χ1v) is 13.2. The lowest BCUT2D eigenvalue weighted by Gasteiger charge is -2.50. The van der Waals surface area contributed by atoms with Gasteiger partial charge in [-0.3, -0.25) is 4.90 Å². The second-order valence-electron chi connectivity index (χ2n) is 9.27. The van der Waals surface area contributed by atoms with Crippen molar-refractivity contribution in [2.24, 2.45) is 11.8 Å². The zero-order valence-electron chi connectivity index (χ0n) is 20.0. The Labute approximate surface area is 214 Å². The Morgan fingerprint density at radius 3 is 1.97 bits per heavy atom. The normalized spacial score (nSPS) is 22.4. The Balaban J connectivity index is 0.000000301. The number of nitrogens with zero attached hydrogens (tertiary/aromatic N) is 2. The molecule has 38 heavy (non-hydrogen) atoms. The molecule has 16 heteroatoms. The van der Waals surface area contributed by atoms with Crippen molar-refractivity contribution in [3.05, 3.63) is 24.4 Å². The van der Waals surface area contributed by atoms with Crippen molar-refractivity contribution in [1.82, 2.24) is 9.88 Å². The number of halogens is 6. The van der Waals surface area contributed by atoms with E-state index < -0.39 is 38.9 Å². The highest BCUT2D eigenvalue weighted by Gasteiger charge is 2.61. The van der Waals surface area contributed by atoms with Crippen LogP contribution in [0.1, 0.15) is 32.1 Å². The van der Waals surface area contributed by atoms with Gasteiger partial charge in [-0.05, 0) is 31.2 Å². The lowest BCUT2D eigenvalue weighted by Crippen LogP contribution is -2.68. The van der Waals surface area contributed by atoms with Crippen LogP contribution in [0, 0.1) is 11.8 Å². The Morgan fingerprint density at radius 2 is 1.53 bits per heavy atom. The van der Waals surface area contributed by atoms with Crippen molar-refractivity contribution in [2.45, 2.75) is 49.2 Å². The molecule has 9 nitrogen and oxygen atoms in total. The summed E-state index contributed by atoms with van der Waals surface area (Å²) < 4.78 is 94.0. The lowest BCUT2D eigenvalue weighted by atomic mass is 9.83. The van der Waals surface area contributed by atoms with Crippen molar-refractivity contribution >= 4 is 21.8 Å². The first kappa shape index (κ1) is 31.6. The zero-order chi connectivity index (χ0) is 28.8. The van der Waals surface area contributed by atoms with Gasteiger partial charge in [-0.25, -0.2) is 23.0 Å². The van der Waals surface area contributed by atoms with Crippen molar-refractivity contribution in [3.63, 3.8) is 0 Å². The van der Waals surface area contributed by atoms with Crippen LogP contribution in [0.25, 0.3) is 0 Å². The fourth-order valence-corrected chi connectivity index (χ4v) is 7.18. The summed E-state index contributed by atoms with van der Waals surface area (Å²) in [6, 6.07) is 5.56. The van der Waals surface area contributed by atoms with Crippen LogP contribution in [0.5, 0.6) is 5.88 Å². The number of rotatable bonds is 5. The predicted molar refractivity (Wildman–Crippen MR) is 120 cm³/mol. The van der Waals surface area contributed by atoms with Crippen LogP contribution >= 0.6 is 0 Å². The quantitative estimate of drug-likeness (QED) is 0.504. The smallest absolute Gasteiger partial charge is 0.477 e. The molecule has 0 aromatic carbocycles. The molecule has 0 bridgehead atoms. The monoisotopic (exact) mass is 578 g/mol. The second kappa shape index (κ2) is 12.5. The number of sulfone groups is 1. The van der Waals surface area contributed by atoms with E-state index in [2.05, 4.69) is 9.88 Å². The molecule has 1 spiro atoms. The maximum absolute atomic E-state index is 12.7. The molecule has 1 atom stereocenters. The molecule has 1 unspecified atom stereocenters. The highest BCUT2D eigenvalue weighted by atomic mass is 32.2. The molecule has 2 saturated heterocycles. The van der Waals surface area contributed by atoms with E-state index in [9.17, 15) is 34.8 Å². The first-order valence-electron chi connectivity index (χ1n) is 11.6. The molecule has 0 amide bonds. The third-order valence-electron chi connectivity index (χ3n) is 6.63. The predicted octanol–water partition coefficient (Wildman–Crippen LogP) is 3.41. The number of pyridine rings is 1. The van der Waals surface area contributed by atoms with E-state index in [1.807, 2.05) is 18.2 Å². The van der Waals surface area contributed by atoms with E-state index >= 15 is 0 Å². The average molecular weight is 579 g/mol. The molecule has 1 saturated carbocycles. The van der Waals surface area contributed by atoms with Gasteiger partial charge >= 0.3 is 24.3 Å². The summed E-state index contributed by atoms with van der Waals surface area (Å²) in [6.07, 6.45) is -2.47. The minimum atomic E-state index is -5.08. The minimum absolute atomic E-state index is 0.0873. The van der Waals surface area contributed by atoms with Gasteiger partial charge in [0.05, 0.1) is 12.4 Å². The minimum Gasteiger partial charge on any atom is -0.477 e. The number of carbonyl (C=O) groups is 2. The van der Waals surface area contributed by atoms with Crippen LogP contribution in [0.3, 0.4) is 0 Å². The number of carboxylic acids is 2. The van der Waals surface area contributed by atoms with E-state index in [0.29, 0.717) is 37.8 Å². The number of hydrogen-bond acceptors (Lipinski definition) is 7. The molecular weight excluding hydrogens is 550 g/mol. The number of alkyl halides is 6. The Bertz CT molecular complexity index is 1010. The molecule has 1 aliphatic carbocycles. The molecule has 4 rings (SSSR count). The number of hydrogen-bond donors (Lipinski definition) is 2. The van der Waals surface area contributed by atoms with E-state index in [-0.39, 0.29) is 5.92 Å². The summed E-state index contributed by atoms with van der Waals surface area (Å²) >= 11 is 0. The van der Waals surface area contributed by atoms with Gasteiger partial charge in [0.2, 0.25) is 5.88 Å². The molecule has 216 valence electrons. The molecule has 3 aliphatic rings. The maximum atomic E-state index is 12.7. The van der Waals surface area contributed by atoms with Gasteiger partial charge in [0, 0.05) is 37.8 Å². The van der Waals surface area contributed by atoms with E-state index in [0.717, 1.165) is 12.5 Å².